The molecule has 3 N–H and O–H groups in total. The van der Waals surface area contributed by atoms with Crippen molar-refractivity contribution < 1.29 is 9.59 Å². The van der Waals surface area contributed by atoms with Gasteiger partial charge in [0.25, 0.3) is 5.91 Å². The van der Waals surface area contributed by atoms with Crippen LogP contribution in [0.2, 0.25) is 0 Å². The standard InChI is InChI=1S/C22H19N5O2/c23-21(28)15-27-14-17(19-8-1-2-9-20(19)27)13-24-25-22(29)16-6-5-7-18(12-16)26-10-3-4-11-26/h1-14H,15H2,(H2,23,28)(H,25,29)/b24-13+. The third-order valence-corrected chi connectivity index (χ3v) is 4.53. The van der Waals surface area contributed by atoms with E-state index in [1.165, 1.54) is 0 Å². The highest BCUT2D eigenvalue weighted by molar-refractivity contribution is 6.01. The van der Waals surface area contributed by atoms with Crippen LogP contribution in [0, 0.1) is 0 Å². The zero-order chi connectivity index (χ0) is 20.2. The first-order valence-electron chi connectivity index (χ1n) is 9.05. The van der Waals surface area contributed by atoms with E-state index in [-0.39, 0.29) is 12.5 Å². The van der Waals surface area contributed by atoms with Gasteiger partial charge in [0.1, 0.15) is 6.54 Å². The van der Waals surface area contributed by atoms with Crippen molar-refractivity contribution >= 4 is 28.9 Å². The Morgan fingerprint density at radius 1 is 1.03 bits per heavy atom. The summed E-state index contributed by atoms with van der Waals surface area (Å²) in [5.74, 6) is -0.735. The molecule has 4 rings (SSSR count). The van der Waals surface area contributed by atoms with E-state index in [1.807, 2.05) is 65.5 Å². The first-order valence-corrected chi connectivity index (χ1v) is 9.05. The summed E-state index contributed by atoms with van der Waals surface area (Å²) in [6, 6.07) is 18.7. The summed E-state index contributed by atoms with van der Waals surface area (Å²) >= 11 is 0. The van der Waals surface area contributed by atoms with Gasteiger partial charge in [0, 0.05) is 46.3 Å². The molecule has 0 aliphatic heterocycles. The number of rotatable bonds is 6. The van der Waals surface area contributed by atoms with E-state index < -0.39 is 5.91 Å². The Balaban J connectivity index is 1.53. The molecule has 2 aromatic carbocycles. The van der Waals surface area contributed by atoms with Crippen molar-refractivity contribution in [3.63, 3.8) is 0 Å². The molecule has 0 saturated carbocycles. The number of benzene rings is 2. The maximum Gasteiger partial charge on any atom is 0.271 e. The fourth-order valence-corrected chi connectivity index (χ4v) is 3.22. The van der Waals surface area contributed by atoms with Gasteiger partial charge in [-0.15, -0.1) is 0 Å². The Morgan fingerprint density at radius 3 is 2.62 bits per heavy atom. The lowest BCUT2D eigenvalue weighted by atomic mass is 10.2. The van der Waals surface area contributed by atoms with Gasteiger partial charge in [-0.3, -0.25) is 9.59 Å². The number of nitrogens with one attached hydrogen (secondary N) is 1. The van der Waals surface area contributed by atoms with E-state index in [2.05, 4.69) is 10.5 Å². The molecule has 29 heavy (non-hydrogen) atoms. The fraction of sp³-hybridized carbons (Fsp3) is 0.0455. The van der Waals surface area contributed by atoms with Gasteiger partial charge in [-0.05, 0) is 36.4 Å². The van der Waals surface area contributed by atoms with Gasteiger partial charge >= 0.3 is 0 Å². The third kappa shape index (κ3) is 3.93. The van der Waals surface area contributed by atoms with E-state index in [0.717, 1.165) is 22.2 Å². The van der Waals surface area contributed by atoms with E-state index in [1.54, 1.807) is 29.1 Å². The number of fused-ring (bicyclic) bond motifs is 1. The SMILES string of the molecule is NC(=O)Cn1cc(/C=N/NC(=O)c2cccc(-n3cccc3)c2)c2ccccc21. The highest BCUT2D eigenvalue weighted by Crippen LogP contribution is 2.20. The topological polar surface area (TPSA) is 94.4 Å². The number of aromatic nitrogens is 2. The Hall–Kier alpha value is -4.13. The van der Waals surface area contributed by atoms with Crippen molar-refractivity contribution in [2.24, 2.45) is 10.8 Å². The number of hydrogen-bond donors (Lipinski definition) is 2. The Morgan fingerprint density at radius 2 is 1.83 bits per heavy atom. The van der Waals surface area contributed by atoms with Crippen LogP contribution in [0.15, 0.2) is 84.4 Å². The Labute approximate surface area is 167 Å². The second kappa shape index (κ2) is 7.85. The smallest absolute Gasteiger partial charge is 0.271 e. The van der Waals surface area contributed by atoms with Crippen LogP contribution in [-0.4, -0.2) is 27.2 Å². The average molecular weight is 385 g/mol. The van der Waals surface area contributed by atoms with Gasteiger partial charge in [0.2, 0.25) is 5.91 Å². The fourth-order valence-electron chi connectivity index (χ4n) is 3.22. The van der Waals surface area contributed by atoms with Gasteiger partial charge in [-0.2, -0.15) is 5.10 Å². The minimum absolute atomic E-state index is 0.0763. The molecule has 0 aliphatic rings. The lowest BCUT2D eigenvalue weighted by molar-refractivity contribution is -0.118. The monoisotopic (exact) mass is 385 g/mol. The number of para-hydroxylation sites is 1. The molecule has 0 radical (unpaired) electrons. The summed E-state index contributed by atoms with van der Waals surface area (Å²) in [5.41, 5.74) is 10.9. The molecule has 4 aromatic rings. The number of carbonyl (C=O) groups excluding carboxylic acids is 2. The summed E-state index contributed by atoms with van der Waals surface area (Å²) in [7, 11) is 0. The quantitative estimate of drug-likeness (QED) is 0.394. The summed E-state index contributed by atoms with van der Waals surface area (Å²) < 4.78 is 3.69. The van der Waals surface area contributed by atoms with E-state index in [0.29, 0.717) is 5.56 Å². The summed E-state index contributed by atoms with van der Waals surface area (Å²) in [6.45, 7) is 0.0763. The third-order valence-electron chi connectivity index (χ3n) is 4.53. The molecule has 2 amide bonds. The minimum Gasteiger partial charge on any atom is -0.368 e. The van der Waals surface area contributed by atoms with Crippen LogP contribution >= 0.6 is 0 Å². The highest BCUT2D eigenvalue weighted by Gasteiger charge is 2.09. The van der Waals surface area contributed by atoms with Crippen LogP contribution in [0.1, 0.15) is 15.9 Å². The molecular weight excluding hydrogens is 366 g/mol. The van der Waals surface area contributed by atoms with E-state index in [4.69, 9.17) is 5.73 Å². The predicted octanol–water partition coefficient (Wildman–Crippen LogP) is 2.68. The molecule has 7 nitrogen and oxygen atoms in total. The molecule has 2 aromatic heterocycles. The van der Waals surface area contributed by atoms with Crippen molar-refractivity contribution in [2.45, 2.75) is 6.54 Å². The van der Waals surface area contributed by atoms with Crippen LogP contribution in [-0.2, 0) is 11.3 Å². The number of hydrogen-bond acceptors (Lipinski definition) is 3. The van der Waals surface area contributed by atoms with Crippen molar-refractivity contribution in [1.29, 1.82) is 0 Å². The lowest BCUT2D eigenvalue weighted by Gasteiger charge is -2.05. The van der Waals surface area contributed by atoms with Crippen LogP contribution in [0.25, 0.3) is 16.6 Å². The van der Waals surface area contributed by atoms with Crippen LogP contribution in [0.5, 0.6) is 0 Å². The number of nitrogens with zero attached hydrogens (tertiary/aromatic N) is 3. The predicted molar refractivity (Wildman–Crippen MR) is 112 cm³/mol. The Bertz CT molecular complexity index is 1210. The molecule has 0 atom stereocenters. The number of primary amides is 1. The lowest BCUT2D eigenvalue weighted by Crippen LogP contribution is -2.18. The minimum atomic E-state index is -0.426. The number of hydrazone groups is 1. The van der Waals surface area contributed by atoms with Gasteiger partial charge in [-0.25, -0.2) is 5.43 Å². The van der Waals surface area contributed by atoms with Gasteiger partial charge in [0.05, 0.1) is 6.21 Å². The highest BCUT2D eigenvalue weighted by atomic mass is 16.2. The molecule has 0 saturated heterocycles. The van der Waals surface area contributed by atoms with Crippen LogP contribution in [0.4, 0.5) is 0 Å². The molecular formula is C22H19N5O2. The second-order valence-electron chi connectivity index (χ2n) is 6.54. The molecule has 7 heteroatoms. The molecule has 0 bridgehead atoms. The normalized spacial score (nSPS) is 11.2. The molecule has 0 unspecified atom stereocenters. The zero-order valence-electron chi connectivity index (χ0n) is 15.5. The molecule has 0 spiro atoms. The average Bonchev–Trinajstić information content (AvgIpc) is 3.37. The summed E-state index contributed by atoms with van der Waals surface area (Å²) in [4.78, 5) is 23.8. The second-order valence-corrected chi connectivity index (χ2v) is 6.54. The number of carbonyl (C=O) groups is 2. The van der Waals surface area contributed by atoms with Crippen molar-refractivity contribution in [3.05, 3.63) is 90.4 Å². The number of amides is 2. The zero-order valence-corrected chi connectivity index (χ0v) is 15.5. The maximum absolute atomic E-state index is 12.5. The van der Waals surface area contributed by atoms with Gasteiger partial charge in [-0.1, -0.05) is 24.3 Å². The van der Waals surface area contributed by atoms with Crippen molar-refractivity contribution in [3.8, 4) is 5.69 Å². The largest absolute Gasteiger partial charge is 0.368 e. The molecule has 0 aliphatic carbocycles. The summed E-state index contributed by atoms with van der Waals surface area (Å²) in [5, 5.41) is 5.01. The molecule has 2 heterocycles. The van der Waals surface area contributed by atoms with Crippen molar-refractivity contribution in [2.75, 3.05) is 0 Å². The van der Waals surface area contributed by atoms with E-state index in [9.17, 15) is 9.59 Å². The number of nitrogens with two attached hydrogens (primary N) is 1. The first kappa shape index (κ1) is 18.2. The Kier molecular flexibility index (Phi) is 4.94. The van der Waals surface area contributed by atoms with Crippen molar-refractivity contribution in [1.82, 2.24) is 14.6 Å². The van der Waals surface area contributed by atoms with Crippen LogP contribution in [0.3, 0.4) is 0 Å². The molecule has 144 valence electrons. The van der Waals surface area contributed by atoms with Gasteiger partial charge in [0.15, 0.2) is 0 Å². The first-order chi connectivity index (χ1) is 14.1. The van der Waals surface area contributed by atoms with Gasteiger partial charge < -0.3 is 14.9 Å². The summed E-state index contributed by atoms with van der Waals surface area (Å²) in [6.07, 6.45) is 7.18. The molecule has 0 fully saturated rings. The maximum atomic E-state index is 12.5. The van der Waals surface area contributed by atoms with E-state index >= 15 is 0 Å². The van der Waals surface area contributed by atoms with Crippen LogP contribution < -0.4 is 11.2 Å².